The standard InChI is InChI=1S/C39H50N6O9/c1-21(2)17-30(44-37(51)32(22(3)4)45-35(49)28(40)20-41-34(48)27-15-10-16-31(46)23(27)5)36(50)43-29(18-24-11-7-6-8-12-24)33(47)38(52)42-26-14-9-13-25(19-26)39(53)54/h6-16,19,21-22,28-30,32-33,46-47H,17-18,20,40H2,1-5H3,(H,41,48)(H,42,52)(H,43,50)(H,44,51)(H,45,49)(H,53,54)/t28-,29-,30-,32-,33+/m0/s1. The fraction of sp³-hybridized carbons (Fsp3) is 0.385. The van der Waals surface area contributed by atoms with Crippen molar-refractivity contribution in [2.45, 2.75) is 77.7 Å². The number of aromatic hydroxyl groups is 1. The highest BCUT2D eigenvalue weighted by atomic mass is 16.4. The van der Waals surface area contributed by atoms with E-state index in [0.717, 1.165) is 0 Å². The van der Waals surface area contributed by atoms with Crippen LogP contribution in [0.3, 0.4) is 0 Å². The highest BCUT2D eigenvalue weighted by Crippen LogP contribution is 2.19. The number of aliphatic hydroxyl groups excluding tert-OH is 1. The number of carboxylic acids is 1. The molecule has 15 heteroatoms. The SMILES string of the molecule is Cc1c(O)cccc1C(=O)NC[C@H](N)C(=O)N[C@H](C(=O)N[C@@H](CC(C)C)C(=O)N[C@@H](Cc1ccccc1)[C@@H](O)C(=O)Nc1cccc(C(=O)O)c1)C(C)C. The number of phenolic OH excluding ortho intramolecular Hbond substituents is 1. The molecule has 3 rings (SSSR count). The van der Waals surface area contributed by atoms with Gasteiger partial charge in [-0.2, -0.15) is 0 Å². The number of nitrogens with one attached hydrogen (secondary N) is 5. The molecule has 5 atom stereocenters. The third-order valence-electron chi connectivity index (χ3n) is 8.61. The number of carbonyl (C=O) groups excluding carboxylic acids is 5. The van der Waals surface area contributed by atoms with Crippen LogP contribution >= 0.6 is 0 Å². The molecule has 0 saturated carbocycles. The molecule has 0 bridgehead atoms. The third-order valence-corrected chi connectivity index (χ3v) is 8.61. The first-order chi connectivity index (χ1) is 25.5. The van der Waals surface area contributed by atoms with Gasteiger partial charge in [0, 0.05) is 23.4 Å². The smallest absolute Gasteiger partial charge is 0.335 e. The van der Waals surface area contributed by atoms with E-state index in [-0.39, 0.29) is 47.9 Å². The number of aliphatic hydroxyl groups is 1. The van der Waals surface area contributed by atoms with Crippen LogP contribution in [-0.4, -0.2) is 87.6 Å². The Hall–Kier alpha value is -5.80. The van der Waals surface area contributed by atoms with Gasteiger partial charge < -0.3 is 47.6 Å². The number of anilines is 1. The van der Waals surface area contributed by atoms with E-state index in [2.05, 4.69) is 26.6 Å². The van der Waals surface area contributed by atoms with Crippen LogP contribution in [0, 0.1) is 18.8 Å². The van der Waals surface area contributed by atoms with Crippen molar-refractivity contribution in [3.05, 3.63) is 95.1 Å². The number of nitrogens with two attached hydrogens (primary N) is 1. The predicted octanol–water partition coefficient (Wildman–Crippen LogP) is 1.85. The second kappa shape index (κ2) is 19.9. The maximum atomic E-state index is 13.9. The van der Waals surface area contributed by atoms with Crippen LogP contribution in [0.1, 0.15) is 66.0 Å². The van der Waals surface area contributed by atoms with Gasteiger partial charge in [0.15, 0.2) is 6.10 Å². The van der Waals surface area contributed by atoms with Gasteiger partial charge in [-0.15, -0.1) is 0 Å². The molecule has 0 fully saturated rings. The number of hydrogen-bond donors (Lipinski definition) is 9. The Bertz CT molecular complexity index is 1800. The summed E-state index contributed by atoms with van der Waals surface area (Å²) in [5, 5.41) is 43.6. The summed E-state index contributed by atoms with van der Waals surface area (Å²) < 4.78 is 0. The Morgan fingerprint density at radius 3 is 2.07 bits per heavy atom. The number of carbonyl (C=O) groups is 6. The molecule has 5 amide bonds. The summed E-state index contributed by atoms with van der Waals surface area (Å²) in [7, 11) is 0. The van der Waals surface area contributed by atoms with E-state index in [1.54, 1.807) is 51.1 Å². The molecule has 0 unspecified atom stereocenters. The maximum Gasteiger partial charge on any atom is 0.335 e. The molecule has 290 valence electrons. The summed E-state index contributed by atoms with van der Waals surface area (Å²) in [6.07, 6.45) is -1.60. The van der Waals surface area contributed by atoms with Crippen LogP contribution in [0.5, 0.6) is 5.75 Å². The van der Waals surface area contributed by atoms with Gasteiger partial charge in [0.1, 0.15) is 23.9 Å². The predicted molar refractivity (Wildman–Crippen MR) is 201 cm³/mol. The minimum absolute atomic E-state index is 0.0305. The van der Waals surface area contributed by atoms with Gasteiger partial charge in [-0.1, -0.05) is 70.2 Å². The van der Waals surface area contributed by atoms with Crippen LogP contribution in [0.15, 0.2) is 72.8 Å². The Labute approximate surface area is 314 Å². The zero-order valence-electron chi connectivity index (χ0n) is 31.0. The molecule has 3 aromatic carbocycles. The van der Waals surface area contributed by atoms with E-state index in [1.807, 2.05) is 13.8 Å². The first kappa shape index (κ1) is 42.6. The first-order valence-corrected chi connectivity index (χ1v) is 17.6. The fourth-order valence-corrected chi connectivity index (χ4v) is 5.54. The summed E-state index contributed by atoms with van der Waals surface area (Å²) in [5.41, 5.74) is 7.38. The molecule has 15 nitrogen and oxygen atoms in total. The largest absolute Gasteiger partial charge is 0.508 e. The van der Waals surface area contributed by atoms with Gasteiger partial charge >= 0.3 is 5.97 Å². The van der Waals surface area contributed by atoms with Crippen LogP contribution in [-0.2, 0) is 25.6 Å². The van der Waals surface area contributed by atoms with E-state index < -0.39 is 71.7 Å². The van der Waals surface area contributed by atoms with Crippen molar-refractivity contribution in [3.8, 4) is 5.75 Å². The lowest BCUT2D eigenvalue weighted by molar-refractivity contribution is -0.134. The quantitative estimate of drug-likeness (QED) is 0.0914. The molecule has 0 aliphatic carbocycles. The summed E-state index contributed by atoms with van der Waals surface area (Å²) in [6.45, 7) is 8.37. The van der Waals surface area contributed by atoms with Gasteiger partial charge in [-0.05, 0) is 67.5 Å². The highest BCUT2D eigenvalue weighted by molar-refractivity contribution is 5.98. The van der Waals surface area contributed by atoms with Crippen LogP contribution in [0.25, 0.3) is 0 Å². The maximum absolute atomic E-state index is 13.9. The molecule has 0 heterocycles. The van der Waals surface area contributed by atoms with E-state index in [0.29, 0.717) is 11.1 Å². The minimum Gasteiger partial charge on any atom is -0.508 e. The van der Waals surface area contributed by atoms with E-state index in [9.17, 15) is 44.1 Å². The van der Waals surface area contributed by atoms with Crippen molar-refractivity contribution in [3.63, 3.8) is 0 Å². The zero-order valence-corrected chi connectivity index (χ0v) is 31.0. The molecule has 3 aromatic rings. The first-order valence-electron chi connectivity index (χ1n) is 17.6. The Morgan fingerprint density at radius 1 is 0.778 bits per heavy atom. The normalized spacial score (nSPS) is 13.9. The van der Waals surface area contributed by atoms with Crippen molar-refractivity contribution >= 4 is 41.2 Å². The van der Waals surface area contributed by atoms with Crippen LogP contribution in [0.4, 0.5) is 5.69 Å². The average Bonchev–Trinajstić information content (AvgIpc) is 3.12. The van der Waals surface area contributed by atoms with Crippen molar-refractivity contribution in [1.82, 2.24) is 21.3 Å². The third kappa shape index (κ3) is 12.4. The zero-order chi connectivity index (χ0) is 40.1. The average molecular weight is 747 g/mol. The van der Waals surface area contributed by atoms with E-state index >= 15 is 0 Å². The molecular weight excluding hydrogens is 696 g/mol. The molecule has 0 aliphatic heterocycles. The monoisotopic (exact) mass is 746 g/mol. The van der Waals surface area contributed by atoms with Crippen LogP contribution < -0.4 is 32.3 Å². The summed E-state index contributed by atoms with van der Waals surface area (Å²) >= 11 is 0. The molecule has 0 spiro atoms. The van der Waals surface area contributed by atoms with Crippen molar-refractivity contribution in [1.29, 1.82) is 0 Å². The van der Waals surface area contributed by atoms with Crippen molar-refractivity contribution in [2.24, 2.45) is 17.6 Å². The number of amides is 5. The number of benzene rings is 3. The Balaban J connectivity index is 1.74. The topological polar surface area (TPSA) is 249 Å². The van der Waals surface area contributed by atoms with Gasteiger partial charge in [0.2, 0.25) is 17.7 Å². The molecule has 54 heavy (non-hydrogen) atoms. The number of rotatable bonds is 18. The minimum atomic E-state index is -1.79. The molecule has 0 radical (unpaired) electrons. The number of carboxylic acid groups (broad SMARTS) is 1. The lowest BCUT2D eigenvalue weighted by atomic mass is 9.97. The fourth-order valence-electron chi connectivity index (χ4n) is 5.54. The van der Waals surface area contributed by atoms with Crippen LogP contribution in [0.2, 0.25) is 0 Å². The Morgan fingerprint density at radius 2 is 1.44 bits per heavy atom. The summed E-state index contributed by atoms with van der Waals surface area (Å²) in [6, 6.07) is 14.1. The second-order valence-electron chi connectivity index (χ2n) is 13.8. The lowest BCUT2D eigenvalue weighted by Crippen LogP contribution is -2.60. The van der Waals surface area contributed by atoms with Crippen molar-refractivity contribution in [2.75, 3.05) is 11.9 Å². The van der Waals surface area contributed by atoms with E-state index in [4.69, 9.17) is 5.73 Å². The lowest BCUT2D eigenvalue weighted by Gasteiger charge is -2.29. The molecular formula is C39H50N6O9. The molecule has 0 aromatic heterocycles. The number of phenols is 1. The molecule has 0 saturated heterocycles. The summed E-state index contributed by atoms with van der Waals surface area (Å²) in [4.78, 5) is 77.9. The summed E-state index contributed by atoms with van der Waals surface area (Å²) in [5.74, 6) is -5.35. The number of hydrogen-bond acceptors (Lipinski definition) is 9. The van der Waals surface area contributed by atoms with Gasteiger partial charge in [0.05, 0.1) is 11.6 Å². The molecule has 10 N–H and O–H groups in total. The highest BCUT2D eigenvalue weighted by Gasteiger charge is 2.34. The van der Waals surface area contributed by atoms with Crippen molar-refractivity contribution < 1.29 is 44.1 Å². The van der Waals surface area contributed by atoms with Gasteiger partial charge in [-0.25, -0.2) is 4.79 Å². The molecule has 0 aliphatic rings. The van der Waals surface area contributed by atoms with Gasteiger partial charge in [-0.3, -0.25) is 24.0 Å². The van der Waals surface area contributed by atoms with E-state index in [1.165, 1.54) is 42.5 Å². The van der Waals surface area contributed by atoms with Gasteiger partial charge in [0.25, 0.3) is 11.8 Å². The number of aromatic carboxylic acids is 1. The second-order valence-corrected chi connectivity index (χ2v) is 13.8. The Kier molecular flexibility index (Phi) is 15.7.